The minimum absolute atomic E-state index is 0.0100. The molecule has 4 nitrogen and oxygen atoms in total. The van der Waals surface area contributed by atoms with Gasteiger partial charge in [-0.1, -0.05) is 69.7 Å². The summed E-state index contributed by atoms with van der Waals surface area (Å²) in [4.78, 5) is 14.9. The van der Waals surface area contributed by atoms with Gasteiger partial charge in [0.15, 0.2) is 0 Å². The highest BCUT2D eigenvalue weighted by Gasteiger charge is 2.24. The van der Waals surface area contributed by atoms with Crippen LogP contribution in [-0.4, -0.2) is 35.0 Å². The lowest BCUT2D eigenvalue weighted by Crippen LogP contribution is -2.34. The molecule has 1 N–H and O–H groups in total. The summed E-state index contributed by atoms with van der Waals surface area (Å²) in [7, 11) is 0. The summed E-state index contributed by atoms with van der Waals surface area (Å²) in [6.07, 6.45) is 8.47. The molecule has 0 radical (unpaired) electrons. The Balaban J connectivity index is 0.00000164. The molecule has 5 rings (SSSR count). The van der Waals surface area contributed by atoms with Crippen molar-refractivity contribution in [1.82, 2.24) is 9.47 Å². The van der Waals surface area contributed by atoms with Crippen LogP contribution in [0.15, 0.2) is 48.0 Å². The molecule has 2 heterocycles. The molecule has 2 aliphatic rings. The molecular formula is C34H47N3O. The number of nitrogens with one attached hydrogen (secondary N) is 1. The highest BCUT2D eigenvalue weighted by atomic mass is 16.1. The molecule has 0 spiro atoms. The second-order valence-corrected chi connectivity index (χ2v) is 11.0. The van der Waals surface area contributed by atoms with E-state index in [2.05, 4.69) is 77.2 Å². The Bertz CT molecular complexity index is 1270. The van der Waals surface area contributed by atoms with Crippen LogP contribution in [0.3, 0.4) is 0 Å². The molecular weight excluding hydrogens is 466 g/mol. The van der Waals surface area contributed by atoms with Gasteiger partial charge in [-0.2, -0.15) is 0 Å². The van der Waals surface area contributed by atoms with E-state index in [1.54, 1.807) is 5.57 Å². The number of para-hydroxylation sites is 1. The number of carbonyl (C=O) groups excluding carboxylic acids is 1. The van der Waals surface area contributed by atoms with Crippen molar-refractivity contribution in [3.05, 3.63) is 70.4 Å². The molecule has 1 aliphatic heterocycles. The van der Waals surface area contributed by atoms with Crippen molar-refractivity contribution in [2.24, 2.45) is 5.92 Å². The summed E-state index contributed by atoms with van der Waals surface area (Å²) in [6.45, 7) is 16.6. The summed E-state index contributed by atoms with van der Waals surface area (Å²) in [5, 5.41) is 4.54. The first-order chi connectivity index (χ1) is 18.4. The summed E-state index contributed by atoms with van der Waals surface area (Å²) in [5.74, 6) is 0.643. The number of carbonyl (C=O) groups is 1. The van der Waals surface area contributed by atoms with E-state index in [0.717, 1.165) is 37.4 Å². The van der Waals surface area contributed by atoms with Crippen LogP contribution in [0, 0.1) is 12.8 Å². The summed E-state index contributed by atoms with van der Waals surface area (Å²) < 4.78 is 2.52. The molecule has 0 unspecified atom stereocenters. The van der Waals surface area contributed by atoms with Crippen LogP contribution in [-0.2, 0) is 17.8 Å². The number of aryl methyl sites for hydroxylation is 2. The Labute approximate surface area is 230 Å². The molecule has 4 heteroatoms. The predicted octanol–water partition coefficient (Wildman–Crippen LogP) is 8.19. The van der Waals surface area contributed by atoms with Crippen LogP contribution in [0.2, 0.25) is 0 Å². The van der Waals surface area contributed by atoms with Crippen molar-refractivity contribution in [3.63, 3.8) is 0 Å². The first kappa shape index (κ1) is 28.2. The van der Waals surface area contributed by atoms with E-state index < -0.39 is 0 Å². The number of benzene rings is 2. The maximum Gasteiger partial charge on any atom is 0.226 e. The summed E-state index contributed by atoms with van der Waals surface area (Å²) >= 11 is 0. The second kappa shape index (κ2) is 12.8. The quantitative estimate of drug-likeness (QED) is 0.361. The molecule has 38 heavy (non-hydrogen) atoms. The van der Waals surface area contributed by atoms with E-state index in [9.17, 15) is 4.79 Å². The zero-order valence-electron chi connectivity index (χ0n) is 24.4. The standard InChI is InChI=1S/C32H41N3O.C2H6/c1-5-35-30-11-7-6-10-27(30)28-19-24(9-8-12-31(28)35)21-34-17-15-25(16-18-34)26-14-13-23(4)29(20-26)33-32(36)22(2)3;1-2/h6-7,10-11,13-14,19-20,22,25H,5,8-9,12,15-18,21H2,1-4H3,(H,33,36);1-2H3. The van der Waals surface area contributed by atoms with E-state index in [1.807, 2.05) is 27.7 Å². The number of rotatable bonds is 6. The smallest absolute Gasteiger partial charge is 0.226 e. The van der Waals surface area contributed by atoms with Gasteiger partial charge in [-0.15, -0.1) is 0 Å². The molecule has 3 aromatic rings. The number of anilines is 1. The van der Waals surface area contributed by atoms with Gasteiger partial charge in [-0.05, 0) is 88.2 Å². The van der Waals surface area contributed by atoms with Gasteiger partial charge in [0.1, 0.15) is 0 Å². The van der Waals surface area contributed by atoms with Gasteiger partial charge in [-0.25, -0.2) is 0 Å². The normalized spacial score (nSPS) is 16.4. The highest BCUT2D eigenvalue weighted by Crippen LogP contribution is 2.35. The van der Waals surface area contributed by atoms with Crippen LogP contribution >= 0.6 is 0 Å². The van der Waals surface area contributed by atoms with Crippen molar-refractivity contribution in [2.45, 2.75) is 86.1 Å². The SMILES string of the molecule is CC.CCn1c2c(c3ccccc31)C=C(CN1CCC(c3ccc(C)c(NC(=O)C(C)C)c3)CC1)CCC2. The van der Waals surface area contributed by atoms with Crippen LogP contribution in [0.25, 0.3) is 17.0 Å². The molecule has 0 bridgehead atoms. The highest BCUT2D eigenvalue weighted by molar-refractivity contribution is 5.93. The fraction of sp³-hybridized carbons (Fsp3) is 0.500. The topological polar surface area (TPSA) is 37.3 Å². The maximum absolute atomic E-state index is 12.3. The molecule has 1 amide bonds. The lowest BCUT2D eigenvalue weighted by molar-refractivity contribution is -0.118. The number of aromatic nitrogens is 1. The minimum Gasteiger partial charge on any atom is -0.344 e. The van der Waals surface area contributed by atoms with Crippen molar-refractivity contribution >= 4 is 28.6 Å². The van der Waals surface area contributed by atoms with E-state index in [1.165, 1.54) is 59.8 Å². The van der Waals surface area contributed by atoms with Crippen molar-refractivity contribution < 1.29 is 4.79 Å². The zero-order valence-corrected chi connectivity index (χ0v) is 24.4. The third-order valence-electron chi connectivity index (χ3n) is 8.23. The Morgan fingerprint density at radius 2 is 1.79 bits per heavy atom. The number of hydrogen-bond donors (Lipinski definition) is 1. The molecule has 1 aliphatic carbocycles. The molecule has 1 saturated heterocycles. The van der Waals surface area contributed by atoms with Gasteiger partial charge in [-0.3, -0.25) is 9.69 Å². The largest absolute Gasteiger partial charge is 0.344 e. The van der Waals surface area contributed by atoms with Crippen LogP contribution < -0.4 is 5.32 Å². The predicted molar refractivity (Wildman–Crippen MR) is 163 cm³/mol. The van der Waals surface area contributed by atoms with Gasteiger partial charge in [0.05, 0.1) is 0 Å². The Hall–Kier alpha value is -2.85. The van der Waals surface area contributed by atoms with Gasteiger partial charge >= 0.3 is 0 Å². The van der Waals surface area contributed by atoms with E-state index in [-0.39, 0.29) is 11.8 Å². The molecule has 1 fully saturated rings. The molecule has 0 atom stereocenters. The first-order valence-electron chi connectivity index (χ1n) is 14.9. The number of hydrogen-bond acceptors (Lipinski definition) is 2. The number of fused-ring (bicyclic) bond motifs is 3. The number of amides is 1. The third-order valence-corrected chi connectivity index (χ3v) is 8.23. The minimum atomic E-state index is -0.0100. The Kier molecular flexibility index (Phi) is 9.49. The Morgan fingerprint density at radius 1 is 1.05 bits per heavy atom. The van der Waals surface area contributed by atoms with Crippen molar-refractivity contribution in [1.29, 1.82) is 0 Å². The van der Waals surface area contributed by atoms with E-state index in [0.29, 0.717) is 5.92 Å². The van der Waals surface area contributed by atoms with Gasteiger partial charge < -0.3 is 9.88 Å². The van der Waals surface area contributed by atoms with Crippen LogP contribution in [0.5, 0.6) is 0 Å². The van der Waals surface area contributed by atoms with Gasteiger partial charge in [0, 0.05) is 46.9 Å². The number of likely N-dealkylation sites (tertiary alicyclic amines) is 1. The summed E-state index contributed by atoms with van der Waals surface area (Å²) in [6, 6.07) is 15.6. The van der Waals surface area contributed by atoms with Gasteiger partial charge in [0.2, 0.25) is 5.91 Å². The molecule has 1 aromatic heterocycles. The lowest BCUT2D eigenvalue weighted by Gasteiger charge is -2.33. The van der Waals surface area contributed by atoms with Gasteiger partial charge in [0.25, 0.3) is 0 Å². The molecule has 204 valence electrons. The average molecular weight is 514 g/mol. The van der Waals surface area contributed by atoms with E-state index in [4.69, 9.17) is 0 Å². The van der Waals surface area contributed by atoms with E-state index >= 15 is 0 Å². The lowest BCUT2D eigenvalue weighted by atomic mass is 9.88. The maximum atomic E-state index is 12.3. The third kappa shape index (κ3) is 6.07. The van der Waals surface area contributed by atoms with Crippen LogP contribution in [0.1, 0.15) is 88.6 Å². The van der Waals surface area contributed by atoms with Crippen molar-refractivity contribution in [3.8, 4) is 0 Å². The number of nitrogens with zero attached hydrogens (tertiary/aromatic N) is 2. The second-order valence-electron chi connectivity index (χ2n) is 11.0. The molecule has 0 saturated carbocycles. The van der Waals surface area contributed by atoms with Crippen LogP contribution in [0.4, 0.5) is 5.69 Å². The van der Waals surface area contributed by atoms with Crippen molar-refractivity contribution in [2.75, 3.05) is 25.0 Å². The zero-order chi connectivity index (χ0) is 27.2. The molecule has 2 aromatic carbocycles. The summed E-state index contributed by atoms with van der Waals surface area (Å²) in [5.41, 5.74) is 9.42. The first-order valence-corrected chi connectivity index (χ1v) is 14.9. The monoisotopic (exact) mass is 513 g/mol. The average Bonchev–Trinajstić information content (AvgIpc) is 3.08. The number of piperidine rings is 1. The fourth-order valence-corrected chi connectivity index (χ4v) is 6.08. The Morgan fingerprint density at radius 3 is 2.50 bits per heavy atom. The fourth-order valence-electron chi connectivity index (χ4n) is 6.08.